The summed E-state index contributed by atoms with van der Waals surface area (Å²) in [5.41, 5.74) is 0. The summed E-state index contributed by atoms with van der Waals surface area (Å²) in [6.07, 6.45) is 6.06. The molecule has 20 heavy (non-hydrogen) atoms. The third-order valence-corrected chi connectivity index (χ3v) is 6.25. The van der Waals surface area contributed by atoms with Crippen molar-refractivity contribution in [2.75, 3.05) is 0 Å². The fraction of sp³-hybridized carbons (Fsp3) is 0.643. The first kappa shape index (κ1) is 13.9. The number of rotatable bonds is 4. The zero-order valence-corrected chi connectivity index (χ0v) is 12.2. The van der Waals surface area contributed by atoms with Crippen molar-refractivity contribution < 1.29 is 12.8 Å². The summed E-state index contributed by atoms with van der Waals surface area (Å²) >= 11 is 0. The molecule has 2 saturated carbocycles. The molecule has 1 aromatic heterocycles. The second-order valence-electron chi connectivity index (χ2n) is 6.04. The normalized spacial score (nSPS) is 30.6. The summed E-state index contributed by atoms with van der Waals surface area (Å²) in [7, 11) is -3.88. The molecule has 0 radical (unpaired) electrons. The molecule has 0 saturated heterocycles. The molecule has 0 amide bonds. The minimum Gasteiger partial charge on any atom is -0.241 e. The van der Waals surface area contributed by atoms with E-state index < -0.39 is 20.9 Å². The smallest absolute Gasteiger partial charge is 0.241 e. The van der Waals surface area contributed by atoms with E-state index in [4.69, 9.17) is 0 Å². The lowest BCUT2D eigenvalue weighted by molar-refractivity contribution is 0.280. The molecule has 4 atom stereocenters. The molecule has 3 rings (SSSR count). The van der Waals surface area contributed by atoms with E-state index >= 15 is 0 Å². The molecule has 2 bridgehead atoms. The van der Waals surface area contributed by atoms with Gasteiger partial charge < -0.3 is 0 Å². The Labute approximate surface area is 118 Å². The Bertz CT molecular complexity index is 605. The molecule has 1 heterocycles. The van der Waals surface area contributed by atoms with Gasteiger partial charge in [0.05, 0.1) is 0 Å². The molecule has 4 unspecified atom stereocenters. The maximum Gasteiger partial charge on any atom is 0.261 e. The van der Waals surface area contributed by atoms with Crippen molar-refractivity contribution in [2.45, 2.75) is 43.7 Å². The summed E-state index contributed by atoms with van der Waals surface area (Å²) < 4.78 is 40.6. The number of aromatic nitrogens is 1. The van der Waals surface area contributed by atoms with Crippen LogP contribution < -0.4 is 4.72 Å². The maximum atomic E-state index is 13.6. The molecule has 4 nitrogen and oxygen atoms in total. The molecule has 110 valence electrons. The number of pyridine rings is 1. The van der Waals surface area contributed by atoms with Gasteiger partial charge in [0.15, 0.2) is 5.82 Å². The number of hydrogen-bond acceptors (Lipinski definition) is 3. The predicted octanol–water partition coefficient (Wildman–Crippen LogP) is 2.32. The Morgan fingerprint density at radius 2 is 2.20 bits per heavy atom. The Morgan fingerprint density at radius 1 is 1.40 bits per heavy atom. The van der Waals surface area contributed by atoms with Crippen LogP contribution in [0, 0.1) is 23.6 Å². The van der Waals surface area contributed by atoms with Crippen molar-refractivity contribution in [2.24, 2.45) is 17.8 Å². The van der Waals surface area contributed by atoms with Crippen LogP contribution in [-0.2, 0) is 10.0 Å². The van der Waals surface area contributed by atoms with Crippen LogP contribution in [0.2, 0.25) is 0 Å². The van der Waals surface area contributed by atoms with Gasteiger partial charge in [0, 0.05) is 12.2 Å². The Morgan fingerprint density at radius 3 is 2.80 bits per heavy atom. The highest BCUT2D eigenvalue weighted by molar-refractivity contribution is 7.89. The molecule has 1 aromatic rings. The van der Waals surface area contributed by atoms with Gasteiger partial charge in [0.25, 0.3) is 10.0 Å². The quantitative estimate of drug-likeness (QED) is 0.928. The average Bonchev–Trinajstić information content (AvgIpc) is 3.00. The van der Waals surface area contributed by atoms with Crippen LogP contribution in [0.1, 0.15) is 32.6 Å². The molecule has 2 aliphatic carbocycles. The van der Waals surface area contributed by atoms with Gasteiger partial charge in [-0.3, -0.25) is 0 Å². The van der Waals surface area contributed by atoms with E-state index in [9.17, 15) is 12.8 Å². The third-order valence-electron chi connectivity index (χ3n) is 4.76. The van der Waals surface area contributed by atoms with Gasteiger partial charge in [-0.05, 0) is 56.1 Å². The fourth-order valence-electron chi connectivity index (χ4n) is 3.86. The molecule has 0 aliphatic heterocycles. The number of nitrogens with one attached hydrogen (secondary N) is 1. The third kappa shape index (κ3) is 2.46. The Kier molecular flexibility index (Phi) is 3.54. The lowest BCUT2D eigenvalue weighted by atomic mass is 9.84. The summed E-state index contributed by atoms with van der Waals surface area (Å²) in [6, 6.07) is 2.33. The highest BCUT2D eigenvalue weighted by atomic mass is 32.2. The number of hydrogen-bond donors (Lipinski definition) is 1. The van der Waals surface area contributed by atoms with Crippen LogP contribution in [0.25, 0.3) is 0 Å². The van der Waals surface area contributed by atoms with Crippen molar-refractivity contribution in [3.05, 3.63) is 24.1 Å². The SMILES string of the molecule is CC(NS(=O)(=O)c1ncccc1F)C1CC2CCC1C2. The lowest BCUT2D eigenvalue weighted by Gasteiger charge is -2.28. The Hall–Kier alpha value is -1.01. The molecule has 1 N–H and O–H groups in total. The van der Waals surface area contributed by atoms with E-state index in [0.717, 1.165) is 18.4 Å². The topological polar surface area (TPSA) is 59.1 Å². The molecule has 0 spiro atoms. The van der Waals surface area contributed by atoms with Crippen LogP contribution in [0.15, 0.2) is 23.4 Å². The molecular formula is C14H19FN2O2S. The van der Waals surface area contributed by atoms with Gasteiger partial charge in [-0.2, -0.15) is 0 Å². The van der Waals surface area contributed by atoms with Gasteiger partial charge in [-0.15, -0.1) is 0 Å². The van der Waals surface area contributed by atoms with Crippen LogP contribution >= 0.6 is 0 Å². The summed E-state index contributed by atoms with van der Waals surface area (Å²) in [4.78, 5) is 3.65. The van der Waals surface area contributed by atoms with Crippen LogP contribution in [0.3, 0.4) is 0 Å². The van der Waals surface area contributed by atoms with Gasteiger partial charge in [-0.25, -0.2) is 22.5 Å². The van der Waals surface area contributed by atoms with Crippen molar-refractivity contribution in [1.29, 1.82) is 0 Å². The van der Waals surface area contributed by atoms with Gasteiger partial charge in [-0.1, -0.05) is 6.42 Å². The first-order valence-corrected chi connectivity index (χ1v) is 8.58. The first-order valence-electron chi connectivity index (χ1n) is 7.10. The predicted molar refractivity (Wildman–Crippen MR) is 72.9 cm³/mol. The van der Waals surface area contributed by atoms with Crippen molar-refractivity contribution in [3.8, 4) is 0 Å². The highest BCUT2D eigenvalue weighted by Crippen LogP contribution is 2.49. The first-order chi connectivity index (χ1) is 9.47. The monoisotopic (exact) mass is 298 g/mol. The number of fused-ring (bicyclic) bond motifs is 2. The summed E-state index contributed by atoms with van der Waals surface area (Å²) in [6.45, 7) is 1.88. The molecule has 6 heteroatoms. The average molecular weight is 298 g/mol. The van der Waals surface area contributed by atoms with Crippen molar-refractivity contribution >= 4 is 10.0 Å². The largest absolute Gasteiger partial charge is 0.261 e. The van der Waals surface area contributed by atoms with Crippen molar-refractivity contribution in [1.82, 2.24) is 9.71 Å². The summed E-state index contributed by atoms with van der Waals surface area (Å²) in [5.74, 6) is 0.935. The lowest BCUT2D eigenvalue weighted by Crippen LogP contribution is -2.40. The number of sulfonamides is 1. The molecular weight excluding hydrogens is 279 g/mol. The fourth-order valence-corrected chi connectivity index (χ4v) is 5.16. The second-order valence-corrected chi connectivity index (χ2v) is 7.67. The van der Waals surface area contributed by atoms with Crippen LogP contribution in [0.4, 0.5) is 4.39 Å². The van der Waals surface area contributed by atoms with E-state index in [1.807, 2.05) is 6.92 Å². The highest BCUT2D eigenvalue weighted by Gasteiger charge is 2.42. The van der Waals surface area contributed by atoms with Crippen molar-refractivity contribution in [3.63, 3.8) is 0 Å². The standard InChI is InChI=1S/C14H19FN2O2S/c1-9(12-8-10-4-5-11(12)7-10)17-20(18,19)14-13(15)3-2-6-16-14/h2-3,6,9-12,17H,4-5,7-8H2,1H3. The van der Waals surface area contributed by atoms with E-state index in [2.05, 4.69) is 9.71 Å². The minimum atomic E-state index is -3.88. The van der Waals surface area contributed by atoms with Gasteiger partial charge in [0.1, 0.15) is 0 Å². The maximum absolute atomic E-state index is 13.6. The molecule has 2 fully saturated rings. The van der Waals surface area contributed by atoms with Gasteiger partial charge >= 0.3 is 0 Å². The van der Waals surface area contributed by atoms with E-state index in [-0.39, 0.29) is 6.04 Å². The molecule has 0 aromatic carbocycles. The van der Waals surface area contributed by atoms with E-state index in [0.29, 0.717) is 11.8 Å². The second kappa shape index (κ2) is 5.07. The zero-order valence-electron chi connectivity index (χ0n) is 11.4. The summed E-state index contributed by atoms with van der Waals surface area (Å²) in [5, 5.41) is -0.505. The van der Waals surface area contributed by atoms with Gasteiger partial charge in [0.2, 0.25) is 5.03 Å². The van der Waals surface area contributed by atoms with E-state index in [1.54, 1.807) is 0 Å². The van der Waals surface area contributed by atoms with Crippen LogP contribution in [-0.4, -0.2) is 19.4 Å². The number of halogens is 1. The minimum absolute atomic E-state index is 0.170. The van der Waals surface area contributed by atoms with Crippen LogP contribution in [0.5, 0.6) is 0 Å². The molecule has 2 aliphatic rings. The Balaban J connectivity index is 1.75. The zero-order chi connectivity index (χ0) is 14.3. The van der Waals surface area contributed by atoms with E-state index in [1.165, 1.54) is 31.5 Å². The number of nitrogens with zero attached hydrogens (tertiary/aromatic N) is 1.